The van der Waals surface area contributed by atoms with Gasteiger partial charge in [0.1, 0.15) is 0 Å². The predicted molar refractivity (Wildman–Crippen MR) is 125 cm³/mol. The van der Waals surface area contributed by atoms with E-state index in [1.165, 1.54) is 0 Å². The Morgan fingerprint density at radius 2 is 1.13 bits per heavy atom. The van der Waals surface area contributed by atoms with Crippen LogP contribution in [0.5, 0.6) is 0 Å². The topological polar surface area (TPSA) is 22.0 Å². The third-order valence-corrected chi connectivity index (χ3v) is 5.50. The van der Waals surface area contributed by atoms with E-state index in [0.717, 1.165) is 44.4 Å². The third-order valence-electron chi connectivity index (χ3n) is 5.50. The molecule has 0 saturated carbocycles. The standard InChI is InChI=1S/C28H21NO/c1-20(30)29-27(23-16-9-4-10-17-23)26(22-14-7-3-8-15-22)25-19-11-18-24(28(25)29)21-12-5-2-6-13-21/h2-19H,1H3. The van der Waals surface area contributed by atoms with Gasteiger partial charge in [-0.1, -0.05) is 109 Å². The second-order valence-electron chi connectivity index (χ2n) is 7.38. The van der Waals surface area contributed by atoms with Crippen molar-refractivity contribution in [2.75, 3.05) is 0 Å². The molecule has 0 radical (unpaired) electrons. The van der Waals surface area contributed by atoms with Crippen molar-refractivity contribution in [3.63, 3.8) is 0 Å². The first-order valence-corrected chi connectivity index (χ1v) is 10.1. The number of hydrogen-bond acceptors (Lipinski definition) is 1. The fourth-order valence-electron chi connectivity index (χ4n) is 4.27. The van der Waals surface area contributed by atoms with Crippen molar-refractivity contribution in [3.8, 4) is 33.5 Å². The zero-order valence-corrected chi connectivity index (χ0v) is 16.7. The molecule has 0 aliphatic carbocycles. The smallest absolute Gasteiger partial charge is 0.228 e. The van der Waals surface area contributed by atoms with Crippen LogP contribution in [0.1, 0.15) is 11.7 Å². The van der Waals surface area contributed by atoms with E-state index in [0.29, 0.717) is 0 Å². The third kappa shape index (κ3) is 2.94. The number of carbonyl (C=O) groups excluding carboxylic acids is 1. The molecule has 2 nitrogen and oxygen atoms in total. The summed E-state index contributed by atoms with van der Waals surface area (Å²) in [5.74, 6) is 0.00409. The van der Waals surface area contributed by atoms with Crippen molar-refractivity contribution in [1.82, 2.24) is 4.57 Å². The van der Waals surface area contributed by atoms with Crippen molar-refractivity contribution >= 4 is 16.8 Å². The molecule has 4 aromatic carbocycles. The molecule has 0 spiro atoms. The van der Waals surface area contributed by atoms with Gasteiger partial charge in [-0.2, -0.15) is 0 Å². The summed E-state index contributed by atoms with van der Waals surface area (Å²) >= 11 is 0. The summed E-state index contributed by atoms with van der Waals surface area (Å²) in [6.07, 6.45) is 0. The average Bonchev–Trinajstić information content (AvgIpc) is 3.16. The van der Waals surface area contributed by atoms with Gasteiger partial charge in [0.25, 0.3) is 0 Å². The van der Waals surface area contributed by atoms with Gasteiger partial charge in [0.15, 0.2) is 0 Å². The Labute approximate surface area is 176 Å². The average molecular weight is 387 g/mol. The van der Waals surface area contributed by atoms with Crippen LogP contribution in [0.2, 0.25) is 0 Å². The molecule has 0 amide bonds. The van der Waals surface area contributed by atoms with Crippen LogP contribution in [-0.2, 0) is 0 Å². The molecular formula is C28H21NO. The van der Waals surface area contributed by atoms with Gasteiger partial charge in [0, 0.05) is 23.4 Å². The monoisotopic (exact) mass is 387 g/mol. The first-order valence-electron chi connectivity index (χ1n) is 10.1. The molecule has 0 bridgehead atoms. The van der Waals surface area contributed by atoms with E-state index in [2.05, 4.69) is 54.6 Å². The van der Waals surface area contributed by atoms with Crippen LogP contribution in [-0.4, -0.2) is 10.5 Å². The number of aromatic nitrogens is 1. The largest absolute Gasteiger partial charge is 0.279 e. The van der Waals surface area contributed by atoms with Crippen molar-refractivity contribution < 1.29 is 4.79 Å². The Morgan fingerprint density at radius 1 is 0.600 bits per heavy atom. The maximum Gasteiger partial charge on any atom is 0.228 e. The lowest BCUT2D eigenvalue weighted by atomic mass is 9.96. The predicted octanol–water partition coefficient (Wildman–Crippen LogP) is 7.30. The van der Waals surface area contributed by atoms with Crippen LogP contribution in [0.3, 0.4) is 0 Å². The molecule has 0 aliphatic rings. The summed E-state index contributed by atoms with van der Waals surface area (Å²) in [4.78, 5) is 13.0. The Kier molecular flexibility index (Phi) is 4.53. The fourth-order valence-corrected chi connectivity index (χ4v) is 4.27. The van der Waals surface area contributed by atoms with Gasteiger partial charge in [0.05, 0.1) is 11.2 Å². The van der Waals surface area contributed by atoms with Gasteiger partial charge >= 0.3 is 0 Å². The maximum absolute atomic E-state index is 13.0. The van der Waals surface area contributed by atoms with E-state index in [1.807, 2.05) is 59.2 Å². The quantitative estimate of drug-likeness (QED) is 0.318. The summed E-state index contributed by atoms with van der Waals surface area (Å²) < 4.78 is 1.88. The Balaban J connectivity index is 1.99. The summed E-state index contributed by atoms with van der Waals surface area (Å²) in [7, 11) is 0. The zero-order chi connectivity index (χ0) is 20.5. The molecule has 1 aromatic heterocycles. The van der Waals surface area contributed by atoms with E-state index in [1.54, 1.807) is 6.92 Å². The van der Waals surface area contributed by atoms with Gasteiger partial charge in [-0.05, 0) is 16.7 Å². The van der Waals surface area contributed by atoms with E-state index in [9.17, 15) is 4.79 Å². The Hall–Kier alpha value is -3.91. The van der Waals surface area contributed by atoms with E-state index >= 15 is 0 Å². The molecule has 0 aliphatic heterocycles. The van der Waals surface area contributed by atoms with Crippen molar-refractivity contribution in [2.24, 2.45) is 0 Å². The first-order chi connectivity index (χ1) is 14.8. The molecule has 5 rings (SSSR count). The van der Waals surface area contributed by atoms with Gasteiger partial charge in [-0.15, -0.1) is 0 Å². The SMILES string of the molecule is CC(=O)n1c(-c2ccccc2)c(-c2ccccc2)c2cccc(-c3ccccc3)c21. The van der Waals surface area contributed by atoms with Gasteiger partial charge in [0.2, 0.25) is 5.91 Å². The molecule has 5 aromatic rings. The lowest BCUT2D eigenvalue weighted by Gasteiger charge is -2.11. The van der Waals surface area contributed by atoms with Crippen LogP contribution in [0, 0.1) is 0 Å². The number of rotatable bonds is 3. The molecule has 30 heavy (non-hydrogen) atoms. The molecule has 144 valence electrons. The fraction of sp³-hybridized carbons (Fsp3) is 0.0357. The van der Waals surface area contributed by atoms with Crippen LogP contribution < -0.4 is 0 Å². The molecule has 2 heteroatoms. The normalized spacial score (nSPS) is 11.0. The van der Waals surface area contributed by atoms with Crippen LogP contribution in [0.25, 0.3) is 44.4 Å². The molecule has 0 N–H and O–H groups in total. The molecule has 0 atom stereocenters. The molecular weight excluding hydrogens is 366 g/mol. The van der Waals surface area contributed by atoms with Crippen LogP contribution >= 0.6 is 0 Å². The zero-order valence-electron chi connectivity index (χ0n) is 16.7. The second-order valence-corrected chi connectivity index (χ2v) is 7.38. The summed E-state index contributed by atoms with van der Waals surface area (Å²) in [6, 6.07) is 37.1. The van der Waals surface area contributed by atoms with Crippen molar-refractivity contribution in [1.29, 1.82) is 0 Å². The highest BCUT2D eigenvalue weighted by molar-refractivity contribution is 6.13. The lowest BCUT2D eigenvalue weighted by Crippen LogP contribution is -2.08. The minimum atomic E-state index is 0.00409. The summed E-state index contributed by atoms with van der Waals surface area (Å²) in [5, 5.41) is 1.08. The Morgan fingerprint density at radius 3 is 1.70 bits per heavy atom. The van der Waals surface area contributed by atoms with Crippen molar-refractivity contribution in [2.45, 2.75) is 6.92 Å². The number of benzene rings is 4. The van der Waals surface area contributed by atoms with Crippen LogP contribution in [0.15, 0.2) is 109 Å². The summed E-state index contributed by atoms with van der Waals surface area (Å²) in [5.41, 5.74) is 7.27. The Bertz CT molecular complexity index is 1330. The van der Waals surface area contributed by atoms with E-state index in [-0.39, 0.29) is 5.91 Å². The van der Waals surface area contributed by atoms with Gasteiger partial charge in [-0.3, -0.25) is 9.36 Å². The second kappa shape index (κ2) is 7.49. The summed E-state index contributed by atoms with van der Waals surface area (Å²) in [6.45, 7) is 1.64. The lowest BCUT2D eigenvalue weighted by molar-refractivity contribution is 0.0943. The highest BCUT2D eigenvalue weighted by atomic mass is 16.1. The molecule has 0 fully saturated rings. The number of nitrogens with zero attached hydrogens (tertiary/aromatic N) is 1. The first kappa shape index (κ1) is 18.1. The van der Waals surface area contributed by atoms with Crippen molar-refractivity contribution in [3.05, 3.63) is 109 Å². The molecule has 0 unspecified atom stereocenters. The van der Waals surface area contributed by atoms with Gasteiger partial charge < -0.3 is 0 Å². The highest BCUT2D eigenvalue weighted by Crippen LogP contribution is 2.43. The number of carbonyl (C=O) groups is 1. The number of fused-ring (bicyclic) bond motifs is 1. The molecule has 0 saturated heterocycles. The minimum absolute atomic E-state index is 0.00409. The van der Waals surface area contributed by atoms with Gasteiger partial charge in [-0.25, -0.2) is 0 Å². The van der Waals surface area contributed by atoms with E-state index in [4.69, 9.17) is 0 Å². The minimum Gasteiger partial charge on any atom is -0.279 e. The molecule has 1 heterocycles. The van der Waals surface area contributed by atoms with Crippen LogP contribution in [0.4, 0.5) is 0 Å². The number of hydrogen-bond donors (Lipinski definition) is 0. The van der Waals surface area contributed by atoms with E-state index < -0.39 is 0 Å². The maximum atomic E-state index is 13.0. The highest BCUT2D eigenvalue weighted by Gasteiger charge is 2.24. The number of para-hydroxylation sites is 1.